The maximum atomic E-state index is 11.0. The molecule has 0 spiro atoms. The van der Waals surface area contributed by atoms with Gasteiger partial charge in [-0.25, -0.2) is 4.79 Å². The van der Waals surface area contributed by atoms with Gasteiger partial charge >= 0.3 is 5.97 Å². The van der Waals surface area contributed by atoms with E-state index in [1.165, 1.54) is 6.08 Å². The highest BCUT2D eigenvalue weighted by Gasteiger charge is 1.93. The van der Waals surface area contributed by atoms with Gasteiger partial charge in [-0.05, 0) is 30.7 Å². The fourth-order valence-corrected chi connectivity index (χ4v) is 1.02. The second-order valence-electron chi connectivity index (χ2n) is 2.76. The Labute approximate surface area is 83.2 Å². The predicted octanol–water partition coefficient (Wildman–Crippen LogP) is 1.85. The minimum atomic E-state index is -0.338. The maximum absolute atomic E-state index is 11.0. The highest BCUT2D eigenvalue weighted by molar-refractivity contribution is 5.87. The summed E-state index contributed by atoms with van der Waals surface area (Å²) in [5, 5.41) is 0. The number of ether oxygens (including phenoxy) is 1. The number of anilines is 1. The molecule has 0 heterocycles. The number of nitrogen functional groups attached to an aromatic ring is 1. The second kappa shape index (κ2) is 5.07. The standard InChI is InChI=1S/C11H13NO2/c1-2-14-11(13)7-6-9-4-3-5-10(12)8-9/h3-8H,2,12H2,1H3/b7-6-. The summed E-state index contributed by atoms with van der Waals surface area (Å²) in [6.07, 6.45) is 3.06. The molecule has 2 N–H and O–H groups in total. The van der Waals surface area contributed by atoms with E-state index in [9.17, 15) is 4.79 Å². The van der Waals surface area contributed by atoms with Crippen molar-refractivity contribution in [3.8, 4) is 0 Å². The van der Waals surface area contributed by atoms with Crippen LogP contribution in [0, 0.1) is 0 Å². The van der Waals surface area contributed by atoms with Gasteiger partial charge in [0.1, 0.15) is 0 Å². The molecule has 0 aliphatic heterocycles. The molecule has 3 nitrogen and oxygen atoms in total. The lowest BCUT2D eigenvalue weighted by Crippen LogP contribution is -1.98. The fraction of sp³-hybridized carbons (Fsp3) is 0.182. The van der Waals surface area contributed by atoms with E-state index in [0.29, 0.717) is 12.3 Å². The number of hydrogen-bond donors (Lipinski definition) is 1. The van der Waals surface area contributed by atoms with Gasteiger partial charge in [-0.1, -0.05) is 12.1 Å². The molecule has 0 unspecified atom stereocenters. The molecular formula is C11H13NO2. The third kappa shape index (κ3) is 3.31. The molecule has 0 saturated heterocycles. The summed E-state index contributed by atoms with van der Waals surface area (Å²) in [6.45, 7) is 2.16. The van der Waals surface area contributed by atoms with E-state index >= 15 is 0 Å². The topological polar surface area (TPSA) is 52.3 Å². The molecular weight excluding hydrogens is 178 g/mol. The first-order valence-electron chi connectivity index (χ1n) is 4.42. The highest BCUT2D eigenvalue weighted by atomic mass is 16.5. The molecule has 0 saturated carbocycles. The van der Waals surface area contributed by atoms with Crippen LogP contribution in [0.5, 0.6) is 0 Å². The van der Waals surface area contributed by atoms with Crippen LogP contribution >= 0.6 is 0 Å². The van der Waals surface area contributed by atoms with Gasteiger partial charge in [0.25, 0.3) is 0 Å². The summed E-state index contributed by atoms with van der Waals surface area (Å²) in [7, 11) is 0. The van der Waals surface area contributed by atoms with Crippen molar-refractivity contribution in [1.82, 2.24) is 0 Å². The first-order chi connectivity index (χ1) is 6.72. The summed E-state index contributed by atoms with van der Waals surface area (Å²) in [6, 6.07) is 7.28. The molecule has 0 amide bonds. The van der Waals surface area contributed by atoms with Crippen LogP contribution in [-0.4, -0.2) is 12.6 Å². The smallest absolute Gasteiger partial charge is 0.330 e. The maximum Gasteiger partial charge on any atom is 0.330 e. The largest absolute Gasteiger partial charge is 0.463 e. The molecule has 14 heavy (non-hydrogen) atoms. The minimum Gasteiger partial charge on any atom is -0.463 e. The lowest BCUT2D eigenvalue weighted by atomic mass is 10.2. The van der Waals surface area contributed by atoms with Crippen molar-refractivity contribution in [2.24, 2.45) is 0 Å². The molecule has 0 atom stereocenters. The molecule has 3 heteroatoms. The van der Waals surface area contributed by atoms with Crippen molar-refractivity contribution >= 4 is 17.7 Å². The quantitative estimate of drug-likeness (QED) is 0.450. The average molecular weight is 191 g/mol. The summed E-state index contributed by atoms with van der Waals surface area (Å²) < 4.78 is 4.74. The fourth-order valence-electron chi connectivity index (χ4n) is 1.02. The van der Waals surface area contributed by atoms with Gasteiger partial charge in [-0.3, -0.25) is 0 Å². The van der Waals surface area contributed by atoms with Gasteiger partial charge in [0, 0.05) is 11.8 Å². The van der Waals surface area contributed by atoms with Gasteiger partial charge in [0.2, 0.25) is 0 Å². The molecule has 0 bridgehead atoms. The third-order valence-electron chi connectivity index (χ3n) is 1.61. The Balaban J connectivity index is 2.64. The van der Waals surface area contributed by atoms with E-state index in [4.69, 9.17) is 10.5 Å². The monoisotopic (exact) mass is 191 g/mol. The molecule has 0 fully saturated rings. The summed E-state index contributed by atoms with van der Waals surface area (Å²) in [4.78, 5) is 11.0. The number of rotatable bonds is 3. The Morgan fingerprint density at radius 3 is 3.00 bits per heavy atom. The van der Waals surface area contributed by atoms with E-state index in [1.54, 1.807) is 25.1 Å². The van der Waals surface area contributed by atoms with Crippen LogP contribution < -0.4 is 5.73 Å². The van der Waals surface area contributed by atoms with Crippen LogP contribution in [0.1, 0.15) is 12.5 Å². The molecule has 0 radical (unpaired) electrons. The van der Waals surface area contributed by atoms with Crippen molar-refractivity contribution < 1.29 is 9.53 Å². The van der Waals surface area contributed by atoms with Crippen LogP contribution in [0.3, 0.4) is 0 Å². The number of esters is 1. The van der Waals surface area contributed by atoms with Crippen LogP contribution in [-0.2, 0) is 9.53 Å². The molecule has 1 aromatic rings. The van der Waals surface area contributed by atoms with Crippen molar-refractivity contribution in [3.05, 3.63) is 35.9 Å². The Kier molecular flexibility index (Phi) is 3.73. The van der Waals surface area contributed by atoms with Crippen molar-refractivity contribution in [1.29, 1.82) is 0 Å². The Morgan fingerprint density at radius 2 is 2.36 bits per heavy atom. The highest BCUT2D eigenvalue weighted by Crippen LogP contribution is 2.07. The third-order valence-corrected chi connectivity index (χ3v) is 1.61. The lowest BCUT2D eigenvalue weighted by Gasteiger charge is -1.96. The number of hydrogen-bond acceptors (Lipinski definition) is 3. The first kappa shape index (κ1) is 10.3. The van der Waals surface area contributed by atoms with Crippen LogP contribution in [0.2, 0.25) is 0 Å². The van der Waals surface area contributed by atoms with E-state index in [-0.39, 0.29) is 5.97 Å². The summed E-state index contributed by atoms with van der Waals surface area (Å²) >= 11 is 0. The summed E-state index contributed by atoms with van der Waals surface area (Å²) in [5.74, 6) is -0.338. The molecule has 1 aromatic carbocycles. The number of benzene rings is 1. The normalized spacial score (nSPS) is 10.4. The zero-order chi connectivity index (χ0) is 10.4. The second-order valence-corrected chi connectivity index (χ2v) is 2.76. The number of nitrogens with two attached hydrogens (primary N) is 1. The van der Waals surface area contributed by atoms with E-state index in [0.717, 1.165) is 5.56 Å². The van der Waals surface area contributed by atoms with E-state index in [1.807, 2.05) is 12.1 Å². The van der Waals surface area contributed by atoms with Gasteiger partial charge in [0.15, 0.2) is 0 Å². The van der Waals surface area contributed by atoms with Gasteiger partial charge in [-0.15, -0.1) is 0 Å². The molecule has 0 aliphatic carbocycles. The zero-order valence-corrected chi connectivity index (χ0v) is 8.07. The van der Waals surface area contributed by atoms with Gasteiger partial charge in [0.05, 0.1) is 6.61 Å². The molecule has 1 rings (SSSR count). The van der Waals surface area contributed by atoms with Gasteiger partial charge < -0.3 is 10.5 Å². The average Bonchev–Trinajstić information content (AvgIpc) is 2.15. The van der Waals surface area contributed by atoms with Crippen LogP contribution in [0.4, 0.5) is 5.69 Å². The SMILES string of the molecule is CCOC(=O)/C=C\c1cccc(N)c1. The summed E-state index contributed by atoms with van der Waals surface area (Å²) in [5.41, 5.74) is 7.14. The molecule has 0 aromatic heterocycles. The predicted molar refractivity (Wildman–Crippen MR) is 56.5 cm³/mol. The van der Waals surface area contributed by atoms with Crippen molar-refractivity contribution in [3.63, 3.8) is 0 Å². The molecule has 74 valence electrons. The van der Waals surface area contributed by atoms with Crippen LogP contribution in [0.25, 0.3) is 6.08 Å². The Morgan fingerprint density at radius 1 is 1.57 bits per heavy atom. The van der Waals surface area contributed by atoms with E-state index < -0.39 is 0 Å². The molecule has 0 aliphatic rings. The minimum absolute atomic E-state index is 0.338. The number of carbonyl (C=O) groups excluding carboxylic acids is 1. The van der Waals surface area contributed by atoms with Crippen LogP contribution in [0.15, 0.2) is 30.3 Å². The van der Waals surface area contributed by atoms with Gasteiger partial charge in [-0.2, -0.15) is 0 Å². The van der Waals surface area contributed by atoms with Crippen molar-refractivity contribution in [2.75, 3.05) is 12.3 Å². The zero-order valence-electron chi connectivity index (χ0n) is 8.07. The first-order valence-corrected chi connectivity index (χ1v) is 4.42. The number of carbonyl (C=O) groups is 1. The van der Waals surface area contributed by atoms with E-state index in [2.05, 4.69) is 0 Å². The Bertz CT molecular complexity index is 345. The lowest BCUT2D eigenvalue weighted by molar-refractivity contribution is -0.137. The Hall–Kier alpha value is -1.77. The van der Waals surface area contributed by atoms with Crippen molar-refractivity contribution in [2.45, 2.75) is 6.92 Å².